The summed E-state index contributed by atoms with van der Waals surface area (Å²) in [7, 11) is 0. The van der Waals surface area contributed by atoms with E-state index in [1.807, 2.05) is 6.92 Å². The molecule has 0 saturated heterocycles. The molecule has 1 atom stereocenters. The second-order valence-electron chi connectivity index (χ2n) is 3.76. The highest BCUT2D eigenvalue weighted by molar-refractivity contribution is 5.81. The van der Waals surface area contributed by atoms with Crippen molar-refractivity contribution in [2.24, 2.45) is 0 Å². The average molecular weight is 233 g/mol. The third kappa shape index (κ3) is 3.22. The summed E-state index contributed by atoms with van der Waals surface area (Å²) in [6, 6.07) is 10.3. The van der Waals surface area contributed by atoms with Gasteiger partial charge in [0.2, 0.25) is 0 Å². The Bertz CT molecular complexity index is 410. The van der Waals surface area contributed by atoms with E-state index in [4.69, 9.17) is 15.1 Å². The fourth-order valence-corrected chi connectivity index (χ4v) is 1.44. The second-order valence-corrected chi connectivity index (χ2v) is 3.76. The predicted molar refractivity (Wildman–Crippen MR) is 62.6 cm³/mol. The van der Waals surface area contributed by atoms with E-state index in [0.29, 0.717) is 12.2 Å². The number of carboxylic acids is 1. The van der Waals surface area contributed by atoms with Gasteiger partial charge in [0.15, 0.2) is 0 Å². The summed E-state index contributed by atoms with van der Waals surface area (Å²) in [6.07, 6.45) is 1.63. The van der Waals surface area contributed by atoms with E-state index in [-0.39, 0.29) is 6.42 Å². The van der Waals surface area contributed by atoms with E-state index in [2.05, 4.69) is 0 Å². The van der Waals surface area contributed by atoms with E-state index < -0.39 is 11.6 Å². The first kappa shape index (κ1) is 13.0. The average Bonchev–Trinajstić information content (AvgIpc) is 2.35. The fraction of sp³-hybridized carbons (Fsp3) is 0.385. The van der Waals surface area contributed by atoms with Crippen molar-refractivity contribution in [1.29, 1.82) is 5.26 Å². The number of carbonyl (C=O) groups is 1. The second kappa shape index (κ2) is 5.90. The zero-order valence-corrected chi connectivity index (χ0v) is 9.72. The molecule has 1 rings (SSSR count). The Morgan fingerprint density at radius 3 is 2.59 bits per heavy atom. The van der Waals surface area contributed by atoms with Gasteiger partial charge in [-0.25, -0.2) is 4.79 Å². The first-order chi connectivity index (χ1) is 8.14. The van der Waals surface area contributed by atoms with Crippen molar-refractivity contribution >= 4 is 5.97 Å². The highest BCUT2D eigenvalue weighted by Crippen LogP contribution is 2.23. The molecule has 1 aromatic rings. The number of nitrogens with zero attached hydrogens (tertiary/aromatic N) is 1. The van der Waals surface area contributed by atoms with Gasteiger partial charge in [-0.2, -0.15) is 5.26 Å². The van der Waals surface area contributed by atoms with Crippen molar-refractivity contribution in [3.8, 4) is 11.8 Å². The van der Waals surface area contributed by atoms with Crippen LogP contribution in [0.3, 0.4) is 0 Å². The summed E-state index contributed by atoms with van der Waals surface area (Å²) in [5.74, 6) is -0.843. The molecule has 0 heterocycles. The van der Waals surface area contributed by atoms with Crippen molar-refractivity contribution in [1.82, 2.24) is 0 Å². The lowest BCUT2D eigenvalue weighted by Gasteiger charge is -2.23. The number of para-hydroxylation sites is 1. The van der Waals surface area contributed by atoms with Gasteiger partial charge in [-0.15, -0.1) is 0 Å². The molecule has 4 nitrogen and oxygen atoms in total. The van der Waals surface area contributed by atoms with Crippen LogP contribution in [0.15, 0.2) is 30.3 Å². The number of carboxylic acid groups (broad SMARTS) is 1. The lowest BCUT2D eigenvalue weighted by atomic mass is 9.98. The normalized spacial score (nSPS) is 13.4. The van der Waals surface area contributed by atoms with Gasteiger partial charge in [0, 0.05) is 6.42 Å². The van der Waals surface area contributed by atoms with Gasteiger partial charge >= 0.3 is 5.97 Å². The van der Waals surface area contributed by atoms with Crippen LogP contribution in [-0.2, 0) is 4.79 Å². The SMILES string of the molecule is CCCCC(C#N)(Oc1ccccc1)C(=O)O. The molecule has 17 heavy (non-hydrogen) atoms. The Balaban J connectivity index is 2.91. The summed E-state index contributed by atoms with van der Waals surface area (Å²) in [5, 5.41) is 18.2. The third-order valence-electron chi connectivity index (χ3n) is 2.44. The van der Waals surface area contributed by atoms with Crippen LogP contribution < -0.4 is 4.74 Å². The molecule has 0 aliphatic rings. The third-order valence-corrected chi connectivity index (χ3v) is 2.44. The molecular weight excluding hydrogens is 218 g/mol. The molecule has 0 aromatic heterocycles. The number of ether oxygens (including phenoxy) is 1. The molecular formula is C13H15NO3. The van der Waals surface area contributed by atoms with Gasteiger partial charge in [-0.1, -0.05) is 31.5 Å². The lowest BCUT2D eigenvalue weighted by Crippen LogP contribution is -2.43. The molecule has 0 radical (unpaired) electrons. The Morgan fingerprint density at radius 2 is 2.12 bits per heavy atom. The number of rotatable bonds is 6. The molecule has 0 bridgehead atoms. The Labute approximate surface area is 100 Å². The summed E-state index contributed by atoms with van der Waals surface area (Å²) < 4.78 is 5.35. The zero-order chi connectivity index (χ0) is 12.7. The molecule has 0 aliphatic carbocycles. The van der Waals surface area contributed by atoms with Crippen LogP contribution in [-0.4, -0.2) is 16.7 Å². The quantitative estimate of drug-likeness (QED) is 0.819. The fourth-order valence-electron chi connectivity index (χ4n) is 1.44. The maximum Gasteiger partial charge on any atom is 0.363 e. The summed E-state index contributed by atoms with van der Waals surface area (Å²) in [4.78, 5) is 11.2. The summed E-state index contributed by atoms with van der Waals surface area (Å²) in [6.45, 7) is 1.94. The van der Waals surface area contributed by atoms with Crippen LogP contribution in [0.4, 0.5) is 0 Å². The molecule has 0 aliphatic heterocycles. The maximum atomic E-state index is 11.2. The Kier molecular flexibility index (Phi) is 4.53. The molecule has 1 unspecified atom stereocenters. The number of aliphatic carboxylic acids is 1. The van der Waals surface area contributed by atoms with Gasteiger partial charge < -0.3 is 9.84 Å². The molecule has 90 valence electrons. The van der Waals surface area contributed by atoms with Crippen LogP contribution >= 0.6 is 0 Å². The van der Waals surface area contributed by atoms with Crippen LogP contribution in [0, 0.1) is 11.3 Å². The van der Waals surface area contributed by atoms with E-state index >= 15 is 0 Å². The molecule has 0 fully saturated rings. The minimum absolute atomic E-state index is 0.185. The van der Waals surface area contributed by atoms with E-state index in [1.165, 1.54) is 0 Å². The molecule has 0 saturated carbocycles. The van der Waals surface area contributed by atoms with Crippen molar-refractivity contribution < 1.29 is 14.6 Å². The standard InChI is InChI=1S/C13H15NO3/c1-2-3-9-13(10-14,12(15)16)17-11-7-5-4-6-8-11/h4-8H,2-3,9H2,1H3,(H,15,16). The van der Waals surface area contributed by atoms with Gasteiger partial charge in [0.1, 0.15) is 11.8 Å². The van der Waals surface area contributed by atoms with Crippen LogP contribution in [0.2, 0.25) is 0 Å². The largest absolute Gasteiger partial charge is 0.477 e. The minimum Gasteiger partial charge on any atom is -0.477 e. The minimum atomic E-state index is -1.78. The van der Waals surface area contributed by atoms with Crippen LogP contribution in [0.1, 0.15) is 26.2 Å². The van der Waals surface area contributed by atoms with Gasteiger partial charge in [0.25, 0.3) is 5.60 Å². The van der Waals surface area contributed by atoms with Gasteiger partial charge in [-0.3, -0.25) is 0 Å². The van der Waals surface area contributed by atoms with Gasteiger partial charge in [-0.05, 0) is 18.6 Å². The highest BCUT2D eigenvalue weighted by Gasteiger charge is 2.41. The van der Waals surface area contributed by atoms with E-state index in [0.717, 1.165) is 6.42 Å². The molecule has 0 spiro atoms. The molecule has 4 heteroatoms. The van der Waals surface area contributed by atoms with E-state index in [1.54, 1.807) is 36.4 Å². The van der Waals surface area contributed by atoms with Gasteiger partial charge in [0.05, 0.1) is 0 Å². The van der Waals surface area contributed by atoms with Crippen LogP contribution in [0.5, 0.6) is 5.75 Å². The summed E-state index contributed by atoms with van der Waals surface area (Å²) >= 11 is 0. The van der Waals surface area contributed by atoms with Crippen LogP contribution in [0.25, 0.3) is 0 Å². The Morgan fingerprint density at radius 1 is 1.47 bits per heavy atom. The Hall–Kier alpha value is -2.02. The first-order valence-corrected chi connectivity index (χ1v) is 5.53. The van der Waals surface area contributed by atoms with Crippen molar-refractivity contribution in [2.75, 3.05) is 0 Å². The molecule has 0 amide bonds. The van der Waals surface area contributed by atoms with Crippen molar-refractivity contribution in [2.45, 2.75) is 31.8 Å². The lowest BCUT2D eigenvalue weighted by molar-refractivity contribution is -0.151. The number of nitriles is 1. The van der Waals surface area contributed by atoms with Crippen molar-refractivity contribution in [3.05, 3.63) is 30.3 Å². The highest BCUT2D eigenvalue weighted by atomic mass is 16.5. The number of hydrogen-bond acceptors (Lipinski definition) is 3. The molecule has 1 aromatic carbocycles. The topological polar surface area (TPSA) is 70.3 Å². The zero-order valence-electron chi connectivity index (χ0n) is 9.72. The predicted octanol–water partition coefficient (Wildman–Crippen LogP) is 2.60. The smallest absolute Gasteiger partial charge is 0.363 e. The first-order valence-electron chi connectivity index (χ1n) is 5.53. The van der Waals surface area contributed by atoms with E-state index in [9.17, 15) is 4.79 Å². The summed E-state index contributed by atoms with van der Waals surface area (Å²) in [5.41, 5.74) is -1.78. The van der Waals surface area contributed by atoms with Crippen molar-refractivity contribution in [3.63, 3.8) is 0 Å². The molecule has 1 N–H and O–H groups in total. The monoisotopic (exact) mass is 233 g/mol. The maximum absolute atomic E-state index is 11.2. The number of benzene rings is 1. The number of hydrogen-bond donors (Lipinski definition) is 1. The number of unbranched alkanes of at least 4 members (excludes halogenated alkanes) is 1.